The van der Waals surface area contributed by atoms with Gasteiger partial charge in [0.1, 0.15) is 6.04 Å². The first kappa shape index (κ1) is 13.4. The molecule has 0 saturated carbocycles. The number of carboxylic acids is 2. The zero-order valence-corrected chi connectivity index (χ0v) is 9.31. The average Bonchev–Trinajstić information content (AvgIpc) is 2.17. The van der Waals surface area contributed by atoms with Crippen LogP contribution in [0.3, 0.4) is 0 Å². The largest absolute Gasteiger partial charge is 0.481 e. The second-order valence-electron chi connectivity index (χ2n) is 4.12. The molecule has 1 saturated heterocycles. The minimum absolute atomic E-state index is 0.0979. The fraction of sp³-hybridized carbons (Fsp3) is 0.700. The predicted molar refractivity (Wildman–Crippen MR) is 57.4 cm³/mol. The van der Waals surface area contributed by atoms with Crippen molar-refractivity contribution >= 4 is 17.8 Å². The summed E-state index contributed by atoms with van der Waals surface area (Å²) in [6.45, 7) is 1.53. The fourth-order valence-electron chi connectivity index (χ4n) is 1.53. The van der Waals surface area contributed by atoms with Gasteiger partial charge in [-0.1, -0.05) is 0 Å². The van der Waals surface area contributed by atoms with Gasteiger partial charge in [0.2, 0.25) is 5.91 Å². The van der Waals surface area contributed by atoms with E-state index in [9.17, 15) is 14.4 Å². The number of rotatable bonds is 7. The van der Waals surface area contributed by atoms with Gasteiger partial charge in [-0.15, -0.1) is 0 Å². The number of nitrogens with one attached hydrogen (secondary N) is 2. The van der Waals surface area contributed by atoms with Gasteiger partial charge in [-0.2, -0.15) is 0 Å². The molecule has 1 fully saturated rings. The molecule has 1 amide bonds. The summed E-state index contributed by atoms with van der Waals surface area (Å²) in [5.41, 5.74) is 0. The van der Waals surface area contributed by atoms with E-state index in [1.54, 1.807) is 0 Å². The van der Waals surface area contributed by atoms with E-state index in [0.29, 0.717) is 0 Å². The Bertz CT molecular complexity index is 314. The van der Waals surface area contributed by atoms with Gasteiger partial charge < -0.3 is 20.8 Å². The number of hydrogen-bond donors (Lipinski definition) is 4. The van der Waals surface area contributed by atoms with E-state index in [4.69, 9.17) is 10.2 Å². The number of hydrogen-bond acceptors (Lipinski definition) is 4. The lowest BCUT2D eigenvalue weighted by Crippen LogP contribution is -2.47. The van der Waals surface area contributed by atoms with Crippen LogP contribution in [0.1, 0.15) is 19.3 Å². The Kier molecular flexibility index (Phi) is 4.89. The second-order valence-corrected chi connectivity index (χ2v) is 4.12. The fourth-order valence-corrected chi connectivity index (χ4v) is 1.53. The highest BCUT2D eigenvalue weighted by molar-refractivity contribution is 5.84. The number of amides is 1. The van der Waals surface area contributed by atoms with E-state index in [1.807, 2.05) is 0 Å². The maximum absolute atomic E-state index is 11.5. The molecule has 17 heavy (non-hydrogen) atoms. The van der Waals surface area contributed by atoms with Crippen LogP contribution < -0.4 is 10.6 Å². The first-order valence-electron chi connectivity index (χ1n) is 5.43. The quantitative estimate of drug-likeness (QED) is 0.458. The molecule has 0 aromatic carbocycles. The highest BCUT2D eigenvalue weighted by Gasteiger charge is 2.24. The van der Waals surface area contributed by atoms with Gasteiger partial charge in [-0.25, -0.2) is 4.79 Å². The molecule has 1 heterocycles. The maximum atomic E-state index is 11.5. The van der Waals surface area contributed by atoms with Gasteiger partial charge in [0.25, 0.3) is 0 Å². The Morgan fingerprint density at radius 2 is 1.94 bits per heavy atom. The summed E-state index contributed by atoms with van der Waals surface area (Å²) in [6.07, 6.45) is -0.0919. The van der Waals surface area contributed by atoms with Crippen LogP contribution in [0.15, 0.2) is 0 Å². The summed E-state index contributed by atoms with van der Waals surface area (Å²) in [6, 6.07) is -1.12. The lowest BCUT2D eigenvalue weighted by atomic mass is 9.98. The summed E-state index contributed by atoms with van der Waals surface area (Å²) < 4.78 is 0. The van der Waals surface area contributed by atoms with Crippen LogP contribution in [0, 0.1) is 5.92 Å². The van der Waals surface area contributed by atoms with Gasteiger partial charge in [0.15, 0.2) is 0 Å². The van der Waals surface area contributed by atoms with E-state index >= 15 is 0 Å². The van der Waals surface area contributed by atoms with E-state index in [2.05, 4.69) is 10.6 Å². The average molecular weight is 244 g/mol. The van der Waals surface area contributed by atoms with E-state index in [1.165, 1.54) is 0 Å². The van der Waals surface area contributed by atoms with Crippen LogP contribution in [0.4, 0.5) is 0 Å². The number of carboxylic acid groups (broad SMARTS) is 2. The molecule has 1 aliphatic rings. The van der Waals surface area contributed by atoms with Crippen LogP contribution in [0.5, 0.6) is 0 Å². The van der Waals surface area contributed by atoms with Crippen LogP contribution in [0.2, 0.25) is 0 Å². The molecule has 0 aliphatic carbocycles. The molecule has 4 N–H and O–H groups in total. The van der Waals surface area contributed by atoms with Crippen molar-refractivity contribution < 1.29 is 24.6 Å². The van der Waals surface area contributed by atoms with E-state index < -0.39 is 18.0 Å². The van der Waals surface area contributed by atoms with Crippen molar-refractivity contribution in [3.05, 3.63) is 0 Å². The van der Waals surface area contributed by atoms with Crippen LogP contribution in [-0.2, 0) is 14.4 Å². The maximum Gasteiger partial charge on any atom is 0.326 e. The minimum atomic E-state index is -1.20. The topological polar surface area (TPSA) is 116 Å². The van der Waals surface area contributed by atoms with Crippen LogP contribution >= 0.6 is 0 Å². The lowest BCUT2D eigenvalue weighted by Gasteiger charge is -2.26. The molecule has 1 unspecified atom stereocenters. The first-order chi connectivity index (χ1) is 7.99. The second kappa shape index (κ2) is 6.19. The molecule has 1 aliphatic heterocycles. The van der Waals surface area contributed by atoms with Gasteiger partial charge in [0.05, 0.1) is 0 Å². The molecular formula is C10H16N2O5. The van der Waals surface area contributed by atoms with Crippen molar-refractivity contribution in [1.29, 1.82) is 0 Å². The normalized spacial score (nSPS) is 16.9. The Labute approximate surface area is 98.2 Å². The third-order valence-corrected chi connectivity index (χ3v) is 2.62. The SMILES string of the molecule is O=C(O)CCC(NC(=O)CC1CNC1)C(=O)O. The van der Waals surface area contributed by atoms with Gasteiger partial charge in [-0.3, -0.25) is 9.59 Å². The summed E-state index contributed by atoms with van der Waals surface area (Å²) in [4.78, 5) is 32.6. The molecule has 0 spiro atoms. The Morgan fingerprint density at radius 3 is 2.35 bits per heavy atom. The zero-order valence-electron chi connectivity index (χ0n) is 9.31. The highest BCUT2D eigenvalue weighted by atomic mass is 16.4. The third kappa shape index (κ3) is 4.81. The van der Waals surface area contributed by atoms with E-state index in [0.717, 1.165) is 13.1 Å². The van der Waals surface area contributed by atoms with Crippen molar-refractivity contribution in [2.45, 2.75) is 25.3 Å². The monoisotopic (exact) mass is 244 g/mol. The minimum Gasteiger partial charge on any atom is -0.481 e. The zero-order chi connectivity index (χ0) is 12.8. The summed E-state index contributed by atoms with van der Waals surface area (Å²) in [5.74, 6) is -2.36. The Balaban J connectivity index is 2.33. The van der Waals surface area contributed by atoms with Crippen molar-refractivity contribution in [2.24, 2.45) is 5.92 Å². The van der Waals surface area contributed by atoms with Crippen molar-refractivity contribution in [2.75, 3.05) is 13.1 Å². The number of carbonyl (C=O) groups excluding carboxylic acids is 1. The lowest BCUT2D eigenvalue weighted by molar-refractivity contribution is -0.143. The molecule has 0 radical (unpaired) electrons. The van der Waals surface area contributed by atoms with Crippen molar-refractivity contribution in [1.82, 2.24) is 10.6 Å². The molecule has 0 aromatic rings. The number of carbonyl (C=O) groups is 3. The van der Waals surface area contributed by atoms with Gasteiger partial charge in [0, 0.05) is 12.8 Å². The molecule has 96 valence electrons. The Morgan fingerprint density at radius 1 is 1.29 bits per heavy atom. The third-order valence-electron chi connectivity index (χ3n) is 2.62. The molecule has 1 atom stereocenters. The van der Waals surface area contributed by atoms with Gasteiger partial charge >= 0.3 is 11.9 Å². The molecule has 0 bridgehead atoms. The summed E-state index contributed by atoms with van der Waals surface area (Å²) >= 11 is 0. The van der Waals surface area contributed by atoms with E-state index in [-0.39, 0.29) is 31.1 Å². The smallest absolute Gasteiger partial charge is 0.326 e. The Hall–Kier alpha value is -1.63. The highest BCUT2D eigenvalue weighted by Crippen LogP contribution is 2.08. The standard InChI is InChI=1S/C10H16N2O5/c13-8(3-6-4-11-5-6)12-7(10(16)17)1-2-9(14)15/h6-7,11H,1-5H2,(H,12,13)(H,14,15)(H,16,17). The molecular weight excluding hydrogens is 228 g/mol. The van der Waals surface area contributed by atoms with Crippen LogP contribution in [0.25, 0.3) is 0 Å². The van der Waals surface area contributed by atoms with Crippen LogP contribution in [-0.4, -0.2) is 47.2 Å². The molecule has 7 nitrogen and oxygen atoms in total. The summed E-state index contributed by atoms with van der Waals surface area (Å²) in [7, 11) is 0. The predicted octanol–water partition coefficient (Wildman–Crippen LogP) is -0.970. The summed E-state index contributed by atoms with van der Waals surface area (Å²) in [5, 5.41) is 22.6. The molecule has 0 aromatic heterocycles. The van der Waals surface area contributed by atoms with Crippen molar-refractivity contribution in [3.63, 3.8) is 0 Å². The molecule has 1 rings (SSSR count). The number of aliphatic carboxylic acids is 2. The molecule has 7 heteroatoms. The van der Waals surface area contributed by atoms with Gasteiger partial charge in [-0.05, 0) is 25.4 Å². The van der Waals surface area contributed by atoms with Crippen molar-refractivity contribution in [3.8, 4) is 0 Å². The first-order valence-corrected chi connectivity index (χ1v) is 5.43.